The van der Waals surface area contributed by atoms with Crippen LogP contribution in [0.15, 0.2) is 59.2 Å². The van der Waals surface area contributed by atoms with Crippen molar-refractivity contribution in [1.29, 1.82) is 0 Å². The summed E-state index contributed by atoms with van der Waals surface area (Å²) in [5.74, 6) is -0.375. The smallest absolute Gasteiger partial charge is 0.270 e. The number of non-ortho nitro benzene ring substituents is 1. The predicted octanol–water partition coefficient (Wildman–Crippen LogP) is 3.59. The van der Waals surface area contributed by atoms with Gasteiger partial charge in [0.1, 0.15) is 11.8 Å². The Morgan fingerprint density at radius 2 is 1.90 bits per heavy atom. The molecule has 2 aromatic carbocycles. The van der Waals surface area contributed by atoms with Crippen LogP contribution in [0.2, 0.25) is 0 Å². The summed E-state index contributed by atoms with van der Waals surface area (Å²) in [6, 6.07) is 13.1. The lowest BCUT2D eigenvalue weighted by Crippen LogP contribution is -2.11. The number of benzene rings is 2. The van der Waals surface area contributed by atoms with E-state index in [9.17, 15) is 14.9 Å². The van der Waals surface area contributed by atoms with Crippen molar-refractivity contribution in [2.24, 2.45) is 0 Å². The fourth-order valence-electron chi connectivity index (χ4n) is 2.03. The van der Waals surface area contributed by atoms with Gasteiger partial charge in [-0.1, -0.05) is 18.2 Å². The standard InChI is InChI=1S/C15H10N2O4/c18-15(16-10-4-2-1-3-5-10)13-9-21-14-7-6-11(17(19)20)8-12(13)14/h1-9H,(H,16,18). The van der Waals surface area contributed by atoms with Gasteiger partial charge in [0.15, 0.2) is 0 Å². The van der Waals surface area contributed by atoms with E-state index in [1.165, 1.54) is 24.5 Å². The highest BCUT2D eigenvalue weighted by molar-refractivity contribution is 6.12. The first-order chi connectivity index (χ1) is 10.1. The van der Waals surface area contributed by atoms with E-state index in [-0.39, 0.29) is 17.2 Å². The first kappa shape index (κ1) is 12.9. The van der Waals surface area contributed by atoms with Crippen LogP contribution in [0.25, 0.3) is 11.0 Å². The van der Waals surface area contributed by atoms with Gasteiger partial charge in [0, 0.05) is 23.2 Å². The molecule has 0 bridgehead atoms. The maximum absolute atomic E-state index is 12.2. The minimum absolute atomic E-state index is 0.0855. The lowest BCUT2D eigenvalue weighted by atomic mass is 10.1. The van der Waals surface area contributed by atoms with Crippen molar-refractivity contribution in [1.82, 2.24) is 0 Å². The number of furan rings is 1. The van der Waals surface area contributed by atoms with Crippen molar-refractivity contribution in [3.63, 3.8) is 0 Å². The van der Waals surface area contributed by atoms with Crippen LogP contribution in [0.1, 0.15) is 10.4 Å². The van der Waals surface area contributed by atoms with Crippen molar-refractivity contribution in [2.45, 2.75) is 0 Å². The molecule has 0 unspecified atom stereocenters. The van der Waals surface area contributed by atoms with Gasteiger partial charge in [0.25, 0.3) is 11.6 Å². The second kappa shape index (κ2) is 5.09. The summed E-state index contributed by atoms with van der Waals surface area (Å²) in [4.78, 5) is 22.5. The molecule has 6 heteroatoms. The second-order valence-corrected chi connectivity index (χ2v) is 4.41. The number of fused-ring (bicyclic) bond motifs is 1. The van der Waals surface area contributed by atoms with Gasteiger partial charge in [-0.3, -0.25) is 14.9 Å². The molecule has 0 aliphatic carbocycles. The maximum Gasteiger partial charge on any atom is 0.270 e. The summed E-state index contributed by atoms with van der Waals surface area (Å²) in [5, 5.41) is 13.9. The highest BCUT2D eigenvalue weighted by atomic mass is 16.6. The van der Waals surface area contributed by atoms with Gasteiger partial charge in [-0.15, -0.1) is 0 Å². The summed E-state index contributed by atoms with van der Waals surface area (Å²) in [6.07, 6.45) is 1.30. The number of hydrogen-bond acceptors (Lipinski definition) is 4. The molecule has 0 saturated carbocycles. The molecule has 1 N–H and O–H groups in total. The number of rotatable bonds is 3. The molecule has 3 aromatic rings. The van der Waals surface area contributed by atoms with E-state index in [1.54, 1.807) is 24.3 Å². The molecule has 0 aliphatic heterocycles. The molecule has 1 amide bonds. The number of carbonyl (C=O) groups is 1. The Morgan fingerprint density at radius 3 is 2.62 bits per heavy atom. The lowest BCUT2D eigenvalue weighted by molar-refractivity contribution is -0.384. The van der Waals surface area contributed by atoms with Crippen LogP contribution in [0, 0.1) is 10.1 Å². The summed E-state index contributed by atoms with van der Waals surface area (Å²) in [6.45, 7) is 0. The zero-order valence-electron chi connectivity index (χ0n) is 10.8. The van der Waals surface area contributed by atoms with Crippen molar-refractivity contribution in [3.8, 4) is 0 Å². The molecule has 0 spiro atoms. The van der Waals surface area contributed by atoms with Crippen molar-refractivity contribution < 1.29 is 14.1 Å². The number of hydrogen-bond donors (Lipinski definition) is 1. The van der Waals surface area contributed by atoms with Crippen LogP contribution >= 0.6 is 0 Å². The van der Waals surface area contributed by atoms with Crippen molar-refractivity contribution in [3.05, 3.63) is 70.5 Å². The van der Waals surface area contributed by atoms with Gasteiger partial charge < -0.3 is 9.73 Å². The summed E-state index contributed by atoms with van der Waals surface area (Å²) < 4.78 is 5.26. The minimum Gasteiger partial charge on any atom is -0.463 e. The van der Waals surface area contributed by atoms with Crippen LogP contribution in [-0.4, -0.2) is 10.8 Å². The van der Waals surface area contributed by atoms with E-state index in [1.807, 2.05) is 6.07 Å². The summed E-state index contributed by atoms with van der Waals surface area (Å²) in [7, 11) is 0. The largest absolute Gasteiger partial charge is 0.463 e. The van der Waals surface area contributed by atoms with Gasteiger partial charge in [0.05, 0.1) is 10.5 Å². The molecule has 0 fully saturated rings. The fraction of sp³-hybridized carbons (Fsp3) is 0. The van der Waals surface area contributed by atoms with Gasteiger partial charge >= 0.3 is 0 Å². The average Bonchev–Trinajstić information content (AvgIpc) is 2.91. The van der Waals surface area contributed by atoms with Crippen LogP contribution < -0.4 is 5.32 Å². The van der Waals surface area contributed by atoms with E-state index in [4.69, 9.17) is 4.42 Å². The molecule has 0 saturated heterocycles. The molecular formula is C15H10N2O4. The number of nitro benzene ring substituents is 1. The Balaban J connectivity index is 1.98. The summed E-state index contributed by atoms with van der Waals surface area (Å²) in [5.41, 5.74) is 1.25. The molecule has 3 rings (SSSR count). The Bertz CT molecular complexity index is 824. The number of amides is 1. The van der Waals surface area contributed by atoms with E-state index >= 15 is 0 Å². The SMILES string of the molecule is O=C(Nc1ccccc1)c1coc2ccc([N+](=O)[O-])cc12. The molecule has 21 heavy (non-hydrogen) atoms. The molecule has 0 aliphatic rings. The van der Waals surface area contributed by atoms with E-state index in [0.717, 1.165) is 0 Å². The Kier molecular flexibility index (Phi) is 3.12. The van der Waals surface area contributed by atoms with Gasteiger partial charge in [0.2, 0.25) is 0 Å². The van der Waals surface area contributed by atoms with Crippen LogP contribution in [0.4, 0.5) is 11.4 Å². The van der Waals surface area contributed by atoms with Gasteiger partial charge in [-0.05, 0) is 18.2 Å². The van der Waals surface area contributed by atoms with Gasteiger partial charge in [-0.2, -0.15) is 0 Å². The topological polar surface area (TPSA) is 85.4 Å². The lowest BCUT2D eigenvalue weighted by Gasteiger charge is -2.03. The average molecular weight is 282 g/mol. The molecule has 6 nitrogen and oxygen atoms in total. The van der Waals surface area contributed by atoms with E-state index in [0.29, 0.717) is 16.7 Å². The van der Waals surface area contributed by atoms with Gasteiger partial charge in [-0.25, -0.2) is 0 Å². The van der Waals surface area contributed by atoms with Crippen LogP contribution in [0.5, 0.6) is 0 Å². The molecule has 104 valence electrons. The number of nitrogens with zero attached hydrogens (tertiary/aromatic N) is 1. The fourth-order valence-corrected chi connectivity index (χ4v) is 2.03. The number of nitrogens with one attached hydrogen (secondary N) is 1. The Morgan fingerprint density at radius 1 is 1.14 bits per heavy atom. The zero-order chi connectivity index (χ0) is 14.8. The molecular weight excluding hydrogens is 272 g/mol. The highest BCUT2D eigenvalue weighted by Gasteiger charge is 2.17. The first-order valence-corrected chi connectivity index (χ1v) is 6.17. The quantitative estimate of drug-likeness (QED) is 0.587. The van der Waals surface area contributed by atoms with E-state index < -0.39 is 4.92 Å². The zero-order valence-corrected chi connectivity index (χ0v) is 10.8. The predicted molar refractivity (Wildman–Crippen MR) is 77.3 cm³/mol. The van der Waals surface area contributed by atoms with Crippen molar-refractivity contribution in [2.75, 3.05) is 5.32 Å². The summed E-state index contributed by atoms with van der Waals surface area (Å²) >= 11 is 0. The maximum atomic E-state index is 12.2. The molecule has 0 atom stereocenters. The molecule has 0 radical (unpaired) electrons. The number of carbonyl (C=O) groups excluding carboxylic acids is 1. The normalized spacial score (nSPS) is 10.5. The number of para-hydroxylation sites is 1. The second-order valence-electron chi connectivity index (χ2n) is 4.41. The third-order valence-corrected chi connectivity index (χ3v) is 3.04. The third-order valence-electron chi connectivity index (χ3n) is 3.04. The van der Waals surface area contributed by atoms with Crippen molar-refractivity contribution >= 4 is 28.3 Å². The number of nitro groups is 1. The monoisotopic (exact) mass is 282 g/mol. The first-order valence-electron chi connectivity index (χ1n) is 6.17. The van der Waals surface area contributed by atoms with Crippen LogP contribution in [-0.2, 0) is 0 Å². The number of anilines is 1. The minimum atomic E-state index is -0.509. The third kappa shape index (κ3) is 2.46. The molecule has 1 aromatic heterocycles. The Labute approximate surface area is 119 Å². The van der Waals surface area contributed by atoms with E-state index in [2.05, 4.69) is 5.32 Å². The van der Waals surface area contributed by atoms with Crippen LogP contribution in [0.3, 0.4) is 0 Å². The molecule has 1 heterocycles. The Hall–Kier alpha value is -3.15. The highest BCUT2D eigenvalue weighted by Crippen LogP contribution is 2.26.